The minimum absolute atomic E-state index is 0.195. The van der Waals surface area contributed by atoms with Crippen molar-refractivity contribution in [1.82, 2.24) is 39.2 Å². The largest absolute Gasteiger partial charge is 0.247 e. The number of thioether (sulfide) groups is 1. The first-order valence-electron chi connectivity index (χ1n) is 18.9. The van der Waals surface area contributed by atoms with Gasteiger partial charge in [0.2, 0.25) is 15.0 Å². The van der Waals surface area contributed by atoms with Crippen LogP contribution in [0.3, 0.4) is 0 Å². The molecule has 0 N–H and O–H groups in total. The smallest absolute Gasteiger partial charge is 0.240 e. The molecule has 8 rings (SSSR count). The Morgan fingerprint density at radius 1 is 0.518 bits per heavy atom. The van der Waals surface area contributed by atoms with Crippen LogP contribution >= 0.6 is 11.8 Å². The fourth-order valence-electron chi connectivity index (χ4n) is 5.34. The summed E-state index contributed by atoms with van der Waals surface area (Å²) in [5.74, 6) is 0. The molecule has 0 radical (unpaired) electrons. The van der Waals surface area contributed by atoms with E-state index in [0.717, 1.165) is 61.8 Å². The molecule has 0 spiro atoms. The third-order valence-corrected chi connectivity index (χ3v) is 8.89. The molecule has 0 saturated heterocycles. The molecular formula is C44H52N8O2S2. The number of pyridine rings is 2. The predicted molar refractivity (Wildman–Crippen MR) is 234 cm³/mol. The Bertz CT molecular complexity index is 2480. The number of fused-ring (bicyclic) bond motifs is 2. The van der Waals surface area contributed by atoms with Gasteiger partial charge in [-0.05, 0) is 42.7 Å². The van der Waals surface area contributed by atoms with Gasteiger partial charge in [0.05, 0.1) is 33.5 Å². The predicted octanol–water partition coefficient (Wildman–Crippen LogP) is 11.1. The number of sulfone groups is 1. The number of hydrogen-bond donors (Lipinski definition) is 0. The van der Waals surface area contributed by atoms with Crippen molar-refractivity contribution in [2.24, 2.45) is 0 Å². The molecular weight excluding hydrogens is 737 g/mol. The lowest BCUT2D eigenvalue weighted by molar-refractivity contribution is 0.593. The molecule has 0 aliphatic carbocycles. The molecule has 0 unspecified atom stereocenters. The Morgan fingerprint density at radius 2 is 0.929 bits per heavy atom. The molecule has 0 atom stereocenters. The van der Waals surface area contributed by atoms with E-state index in [4.69, 9.17) is 5.10 Å². The van der Waals surface area contributed by atoms with E-state index in [9.17, 15) is 8.42 Å². The maximum absolute atomic E-state index is 11.8. The SMILES string of the molecule is CC.CC.CC.CC.CS(=O)(=O)c1nccc(-c2c(-c3ccccc3)nn3ccccc23)n1.CSc1nccc(-c2c(-c3ccccc3)nn3ccccc23)n1. The van der Waals surface area contributed by atoms with Gasteiger partial charge in [-0.25, -0.2) is 37.4 Å². The van der Waals surface area contributed by atoms with Crippen molar-refractivity contribution < 1.29 is 8.42 Å². The lowest BCUT2D eigenvalue weighted by Gasteiger charge is -2.04. The van der Waals surface area contributed by atoms with Gasteiger partial charge in [0.25, 0.3) is 0 Å². The maximum Gasteiger partial charge on any atom is 0.247 e. The van der Waals surface area contributed by atoms with Crippen molar-refractivity contribution in [3.05, 3.63) is 134 Å². The summed E-state index contributed by atoms with van der Waals surface area (Å²) in [7, 11) is -3.50. The Balaban J connectivity index is 0.000000256. The summed E-state index contributed by atoms with van der Waals surface area (Å²) >= 11 is 1.54. The molecule has 8 aromatic rings. The highest BCUT2D eigenvalue weighted by Gasteiger charge is 2.20. The lowest BCUT2D eigenvalue weighted by atomic mass is 10.0. The number of benzene rings is 2. The van der Waals surface area contributed by atoms with Gasteiger partial charge in [-0.1, -0.05) is 140 Å². The first-order chi connectivity index (χ1) is 27.4. The highest BCUT2D eigenvalue weighted by molar-refractivity contribution is 7.98. The van der Waals surface area contributed by atoms with E-state index in [0.29, 0.717) is 5.69 Å². The molecule has 0 bridgehead atoms. The molecule has 2 aromatic carbocycles. The molecule has 10 nitrogen and oxygen atoms in total. The van der Waals surface area contributed by atoms with Crippen LogP contribution in [0.2, 0.25) is 0 Å². The summed E-state index contributed by atoms with van der Waals surface area (Å²) in [5.41, 5.74) is 8.80. The minimum Gasteiger partial charge on any atom is -0.240 e. The van der Waals surface area contributed by atoms with Crippen LogP contribution in [0.15, 0.2) is 144 Å². The van der Waals surface area contributed by atoms with Gasteiger partial charge in [-0.15, -0.1) is 0 Å². The summed E-state index contributed by atoms with van der Waals surface area (Å²) in [4.78, 5) is 17.1. The molecule has 6 heterocycles. The van der Waals surface area contributed by atoms with Gasteiger partial charge >= 0.3 is 0 Å². The van der Waals surface area contributed by atoms with Crippen molar-refractivity contribution in [3.8, 4) is 45.0 Å². The summed E-state index contributed by atoms with van der Waals surface area (Å²) < 4.78 is 27.3. The zero-order valence-corrected chi connectivity index (χ0v) is 35.5. The molecule has 0 aliphatic rings. The molecule has 0 amide bonds. The molecule has 0 fully saturated rings. The van der Waals surface area contributed by atoms with Gasteiger partial charge in [-0.2, -0.15) is 10.2 Å². The highest BCUT2D eigenvalue weighted by Crippen LogP contribution is 2.35. The number of rotatable bonds is 6. The highest BCUT2D eigenvalue weighted by atomic mass is 32.2. The van der Waals surface area contributed by atoms with Crippen LogP contribution in [0, 0.1) is 0 Å². The van der Waals surface area contributed by atoms with Crippen molar-refractivity contribution in [1.29, 1.82) is 0 Å². The topological polar surface area (TPSA) is 120 Å². The lowest BCUT2D eigenvalue weighted by Crippen LogP contribution is -2.04. The minimum atomic E-state index is -3.50. The van der Waals surface area contributed by atoms with Gasteiger partial charge in [0.15, 0.2) is 5.16 Å². The van der Waals surface area contributed by atoms with Crippen LogP contribution in [0.5, 0.6) is 0 Å². The van der Waals surface area contributed by atoms with Crippen molar-refractivity contribution in [2.45, 2.75) is 65.7 Å². The summed E-state index contributed by atoms with van der Waals surface area (Å²) in [6, 6.07) is 35.4. The normalized spacial score (nSPS) is 10.2. The van der Waals surface area contributed by atoms with E-state index in [1.54, 1.807) is 16.8 Å². The van der Waals surface area contributed by atoms with Crippen molar-refractivity contribution >= 4 is 32.6 Å². The zero-order chi connectivity index (χ0) is 41.1. The fraction of sp³-hybridized carbons (Fsp3) is 0.227. The van der Waals surface area contributed by atoms with Crippen LogP contribution in [-0.4, -0.2) is 60.1 Å². The summed E-state index contributed by atoms with van der Waals surface area (Å²) in [5, 5.41) is 9.99. The fourth-order valence-corrected chi connectivity index (χ4v) is 6.21. The molecule has 56 heavy (non-hydrogen) atoms. The Kier molecular flexibility index (Phi) is 18.0. The average Bonchev–Trinajstić information content (AvgIpc) is 3.87. The van der Waals surface area contributed by atoms with Gasteiger partial charge < -0.3 is 0 Å². The standard InChI is InChI=1S/C18H14N4O2S.C18H14N4S.4C2H6/c1-25(23,24)18-19-11-10-14(20-18)16-15-9-5-6-12-22(15)21-17(16)13-7-3-2-4-8-13;1-23-18-19-11-10-14(20-18)16-15-9-5-6-12-22(15)21-17(16)13-7-3-2-4-8-13;4*1-2/h2-12H,1H3;2-12H,1H3;4*1-2H3. The van der Waals surface area contributed by atoms with E-state index in [-0.39, 0.29) is 5.16 Å². The van der Waals surface area contributed by atoms with E-state index in [1.807, 2.05) is 163 Å². The molecule has 0 aliphatic heterocycles. The monoisotopic (exact) mass is 788 g/mol. The van der Waals surface area contributed by atoms with Crippen LogP contribution in [-0.2, 0) is 9.84 Å². The van der Waals surface area contributed by atoms with E-state index < -0.39 is 9.84 Å². The number of nitrogens with zero attached hydrogens (tertiary/aromatic N) is 8. The van der Waals surface area contributed by atoms with Gasteiger partial charge in [0.1, 0.15) is 11.4 Å². The average molecular weight is 789 g/mol. The van der Waals surface area contributed by atoms with Gasteiger partial charge in [0, 0.05) is 42.2 Å². The molecule has 6 aromatic heterocycles. The van der Waals surface area contributed by atoms with Crippen molar-refractivity contribution in [2.75, 3.05) is 12.5 Å². The zero-order valence-electron chi connectivity index (χ0n) is 33.9. The van der Waals surface area contributed by atoms with Crippen LogP contribution in [0.4, 0.5) is 0 Å². The molecule has 292 valence electrons. The van der Waals surface area contributed by atoms with Gasteiger partial charge in [-0.3, -0.25) is 0 Å². The first-order valence-corrected chi connectivity index (χ1v) is 22.0. The van der Waals surface area contributed by atoms with Crippen molar-refractivity contribution in [3.63, 3.8) is 0 Å². The summed E-state index contributed by atoms with van der Waals surface area (Å²) in [6.07, 6.45) is 10.1. The second kappa shape index (κ2) is 22.6. The van der Waals surface area contributed by atoms with Crippen LogP contribution < -0.4 is 0 Å². The van der Waals surface area contributed by atoms with Crippen LogP contribution in [0.1, 0.15) is 55.4 Å². The third-order valence-electron chi connectivity index (χ3n) is 7.47. The Morgan fingerprint density at radius 3 is 1.36 bits per heavy atom. The molecule has 12 heteroatoms. The quantitative estimate of drug-likeness (QED) is 0.120. The van der Waals surface area contributed by atoms with Crippen LogP contribution in [0.25, 0.3) is 56.1 Å². The second-order valence-electron chi connectivity index (χ2n) is 10.7. The number of hydrogen-bond acceptors (Lipinski definition) is 9. The van der Waals surface area contributed by atoms with E-state index in [2.05, 4.69) is 43.2 Å². The van der Waals surface area contributed by atoms with E-state index in [1.165, 1.54) is 18.0 Å². The van der Waals surface area contributed by atoms with E-state index >= 15 is 0 Å². The Hall–Kier alpha value is -5.72. The number of aromatic nitrogens is 8. The second-order valence-corrected chi connectivity index (χ2v) is 13.3. The molecule has 0 saturated carbocycles. The summed E-state index contributed by atoms with van der Waals surface area (Å²) in [6.45, 7) is 16.0. The third kappa shape index (κ3) is 10.7. The maximum atomic E-state index is 11.8. The first kappa shape index (κ1) is 44.7. The Labute approximate surface area is 336 Å².